The van der Waals surface area contributed by atoms with Gasteiger partial charge in [0.05, 0.1) is 4.90 Å². The van der Waals surface area contributed by atoms with Crippen LogP contribution in [0.3, 0.4) is 0 Å². The predicted octanol–water partition coefficient (Wildman–Crippen LogP) is 4.40. The molecule has 0 aromatic heterocycles. The minimum Gasteiger partial charge on any atom is -0.313 e. The van der Waals surface area contributed by atoms with Crippen LogP contribution in [-0.4, -0.2) is 7.05 Å². The molecule has 1 nitrogen and oxygen atoms in total. The number of rotatable bonds is 4. The minimum atomic E-state index is -0.315. The van der Waals surface area contributed by atoms with Gasteiger partial charge in [0.15, 0.2) is 0 Å². The Morgan fingerprint density at radius 1 is 1.11 bits per heavy atom. The van der Waals surface area contributed by atoms with Gasteiger partial charge in [-0.15, -0.1) is 0 Å². The van der Waals surface area contributed by atoms with Crippen LogP contribution in [0.1, 0.15) is 18.5 Å². The average Bonchev–Trinajstić information content (AvgIpc) is 2.40. The normalized spacial score (nSPS) is 12.4. The van der Waals surface area contributed by atoms with E-state index in [0.29, 0.717) is 9.79 Å². The quantitative estimate of drug-likeness (QED) is 0.890. The molecule has 0 fully saturated rings. The first-order valence-electron chi connectivity index (χ1n) is 6.01. The highest BCUT2D eigenvalue weighted by Crippen LogP contribution is 2.35. The summed E-state index contributed by atoms with van der Waals surface area (Å²) < 4.78 is 27.2. The molecule has 2 rings (SSSR count). The van der Waals surface area contributed by atoms with Gasteiger partial charge in [-0.05, 0) is 43.8 Å². The molecular weight excluding hydrogens is 264 g/mol. The number of hydrogen-bond donors (Lipinski definition) is 1. The topological polar surface area (TPSA) is 12.0 Å². The number of hydrogen-bond acceptors (Lipinski definition) is 2. The van der Waals surface area contributed by atoms with Crippen LogP contribution in [0.2, 0.25) is 0 Å². The zero-order valence-corrected chi connectivity index (χ0v) is 11.6. The maximum Gasteiger partial charge on any atom is 0.137 e. The zero-order valence-electron chi connectivity index (χ0n) is 10.8. The third kappa shape index (κ3) is 3.33. The molecule has 0 saturated heterocycles. The molecule has 1 N–H and O–H groups in total. The van der Waals surface area contributed by atoms with E-state index < -0.39 is 0 Å². The Balaban J connectivity index is 2.38. The van der Waals surface area contributed by atoms with E-state index in [1.807, 2.05) is 20.0 Å². The van der Waals surface area contributed by atoms with E-state index in [2.05, 4.69) is 5.32 Å². The molecule has 19 heavy (non-hydrogen) atoms. The van der Waals surface area contributed by atoms with E-state index in [1.54, 1.807) is 18.2 Å². The Kier molecular flexibility index (Phi) is 4.56. The van der Waals surface area contributed by atoms with Crippen LogP contribution < -0.4 is 5.32 Å². The Bertz CT molecular complexity index is 572. The molecule has 1 atom stereocenters. The van der Waals surface area contributed by atoms with Gasteiger partial charge in [0.25, 0.3) is 0 Å². The second-order valence-corrected chi connectivity index (χ2v) is 5.31. The number of halogens is 2. The van der Waals surface area contributed by atoms with E-state index in [9.17, 15) is 8.78 Å². The van der Waals surface area contributed by atoms with Crippen LogP contribution in [-0.2, 0) is 0 Å². The van der Waals surface area contributed by atoms with Crippen molar-refractivity contribution in [1.29, 1.82) is 0 Å². The molecule has 0 heterocycles. The van der Waals surface area contributed by atoms with E-state index in [1.165, 1.54) is 30.0 Å². The highest BCUT2D eigenvalue weighted by atomic mass is 32.2. The Morgan fingerprint density at radius 3 is 2.53 bits per heavy atom. The van der Waals surface area contributed by atoms with Gasteiger partial charge in [0.1, 0.15) is 11.6 Å². The van der Waals surface area contributed by atoms with Crippen molar-refractivity contribution in [3.05, 3.63) is 59.7 Å². The van der Waals surface area contributed by atoms with Gasteiger partial charge in [-0.2, -0.15) is 0 Å². The molecule has 2 aromatic carbocycles. The lowest BCUT2D eigenvalue weighted by Crippen LogP contribution is -2.13. The third-order valence-electron chi connectivity index (χ3n) is 2.91. The summed E-state index contributed by atoms with van der Waals surface area (Å²) in [5.74, 6) is -0.599. The molecule has 4 heteroatoms. The lowest BCUT2D eigenvalue weighted by Gasteiger charge is -2.16. The van der Waals surface area contributed by atoms with Crippen molar-refractivity contribution in [1.82, 2.24) is 5.32 Å². The molecule has 0 aliphatic heterocycles. The molecule has 0 aliphatic carbocycles. The van der Waals surface area contributed by atoms with E-state index >= 15 is 0 Å². The van der Waals surface area contributed by atoms with Gasteiger partial charge in [0, 0.05) is 10.9 Å². The van der Waals surface area contributed by atoms with Crippen molar-refractivity contribution in [2.45, 2.75) is 22.8 Å². The van der Waals surface area contributed by atoms with Crippen molar-refractivity contribution in [3.63, 3.8) is 0 Å². The van der Waals surface area contributed by atoms with E-state index in [-0.39, 0.29) is 17.7 Å². The summed E-state index contributed by atoms with van der Waals surface area (Å²) >= 11 is 1.24. The van der Waals surface area contributed by atoms with Gasteiger partial charge in [-0.1, -0.05) is 30.0 Å². The SMILES string of the molecule is CNC(C)c1cccc(F)c1Sc1cccc(F)c1. The lowest BCUT2D eigenvalue weighted by molar-refractivity contribution is 0.575. The Labute approximate surface area is 116 Å². The number of nitrogens with one attached hydrogen (secondary N) is 1. The van der Waals surface area contributed by atoms with Crippen LogP contribution in [0, 0.1) is 11.6 Å². The second kappa shape index (κ2) is 6.17. The fourth-order valence-corrected chi connectivity index (χ4v) is 2.86. The van der Waals surface area contributed by atoms with E-state index in [0.717, 1.165) is 5.56 Å². The van der Waals surface area contributed by atoms with Crippen molar-refractivity contribution < 1.29 is 8.78 Å². The molecule has 100 valence electrons. The van der Waals surface area contributed by atoms with Gasteiger partial charge < -0.3 is 5.32 Å². The monoisotopic (exact) mass is 279 g/mol. The van der Waals surface area contributed by atoms with Gasteiger partial charge in [-0.25, -0.2) is 8.78 Å². The summed E-state index contributed by atoms with van der Waals surface area (Å²) in [6, 6.07) is 11.2. The van der Waals surface area contributed by atoms with Gasteiger partial charge in [-0.3, -0.25) is 0 Å². The summed E-state index contributed by atoms with van der Waals surface area (Å²) in [4.78, 5) is 1.23. The van der Waals surface area contributed by atoms with Crippen LogP contribution >= 0.6 is 11.8 Å². The van der Waals surface area contributed by atoms with E-state index in [4.69, 9.17) is 0 Å². The number of benzene rings is 2. The minimum absolute atomic E-state index is 0.0340. The maximum atomic E-state index is 14.0. The van der Waals surface area contributed by atoms with Crippen LogP contribution in [0.25, 0.3) is 0 Å². The summed E-state index contributed by atoms with van der Waals surface area (Å²) in [7, 11) is 1.83. The summed E-state index contributed by atoms with van der Waals surface area (Å²) in [6.45, 7) is 1.96. The first kappa shape index (κ1) is 14.0. The van der Waals surface area contributed by atoms with Crippen LogP contribution in [0.5, 0.6) is 0 Å². The third-order valence-corrected chi connectivity index (χ3v) is 4.04. The van der Waals surface area contributed by atoms with Crippen LogP contribution in [0.4, 0.5) is 8.78 Å². The van der Waals surface area contributed by atoms with Crippen molar-refractivity contribution >= 4 is 11.8 Å². The summed E-state index contributed by atoms with van der Waals surface area (Å²) in [5, 5.41) is 3.09. The highest BCUT2D eigenvalue weighted by Gasteiger charge is 2.14. The largest absolute Gasteiger partial charge is 0.313 e. The maximum absolute atomic E-state index is 14.0. The lowest BCUT2D eigenvalue weighted by atomic mass is 10.1. The standard InChI is InChI=1S/C15H15F2NS/c1-10(18-2)13-7-4-8-14(17)15(13)19-12-6-3-5-11(16)9-12/h3-10,18H,1-2H3. The van der Waals surface area contributed by atoms with Crippen molar-refractivity contribution in [2.24, 2.45) is 0 Å². The highest BCUT2D eigenvalue weighted by molar-refractivity contribution is 7.99. The molecule has 0 spiro atoms. The Hall–Kier alpha value is -1.39. The fourth-order valence-electron chi connectivity index (χ4n) is 1.78. The molecule has 0 bridgehead atoms. The molecule has 1 unspecified atom stereocenters. The average molecular weight is 279 g/mol. The van der Waals surface area contributed by atoms with Crippen molar-refractivity contribution in [2.75, 3.05) is 7.05 Å². The van der Waals surface area contributed by atoms with Gasteiger partial charge >= 0.3 is 0 Å². The first-order valence-corrected chi connectivity index (χ1v) is 6.82. The van der Waals surface area contributed by atoms with Gasteiger partial charge in [0.2, 0.25) is 0 Å². The summed E-state index contributed by atoms with van der Waals surface area (Å²) in [6.07, 6.45) is 0. The molecule has 0 amide bonds. The molecule has 0 radical (unpaired) electrons. The first-order chi connectivity index (χ1) is 9.11. The molecule has 0 aliphatic rings. The van der Waals surface area contributed by atoms with Crippen LogP contribution in [0.15, 0.2) is 52.3 Å². The molecule has 0 saturated carbocycles. The predicted molar refractivity (Wildman–Crippen MR) is 74.4 cm³/mol. The molecule has 2 aromatic rings. The summed E-state index contributed by atoms with van der Waals surface area (Å²) in [5.41, 5.74) is 0.872. The zero-order chi connectivity index (χ0) is 13.8. The smallest absolute Gasteiger partial charge is 0.137 e. The fraction of sp³-hybridized carbons (Fsp3) is 0.200. The molecular formula is C15H15F2NS. The van der Waals surface area contributed by atoms with Crippen molar-refractivity contribution in [3.8, 4) is 0 Å². The Morgan fingerprint density at radius 2 is 1.84 bits per heavy atom. The second-order valence-electron chi connectivity index (χ2n) is 4.23.